The molecule has 0 aliphatic carbocycles. The van der Waals surface area contributed by atoms with Crippen LogP contribution in [0.15, 0.2) is 12.3 Å². The van der Waals surface area contributed by atoms with E-state index in [-0.39, 0.29) is 6.04 Å². The van der Waals surface area contributed by atoms with Crippen molar-refractivity contribution < 1.29 is 13.2 Å². The van der Waals surface area contributed by atoms with Crippen LogP contribution in [0.1, 0.15) is 32.4 Å². The van der Waals surface area contributed by atoms with E-state index in [2.05, 4.69) is 11.9 Å². The van der Waals surface area contributed by atoms with E-state index in [0.29, 0.717) is 17.3 Å². The molecule has 6 heteroatoms. The summed E-state index contributed by atoms with van der Waals surface area (Å²) in [5, 5.41) is 0. The van der Waals surface area contributed by atoms with Gasteiger partial charge in [0.05, 0.1) is 17.6 Å². The zero-order valence-electron chi connectivity index (χ0n) is 11.0. The Bertz CT molecular complexity index is 459. The Balaban J connectivity index is 2.33. The lowest BCUT2D eigenvalue weighted by molar-refractivity contribution is -0.141. The second kappa shape index (κ2) is 4.90. The molecule has 1 fully saturated rings. The number of alkyl halides is 3. The molecule has 3 nitrogen and oxygen atoms in total. The highest BCUT2D eigenvalue weighted by molar-refractivity contribution is 5.67. The van der Waals surface area contributed by atoms with Gasteiger partial charge < -0.3 is 10.6 Å². The number of pyridine rings is 1. The minimum atomic E-state index is -4.44. The van der Waals surface area contributed by atoms with Crippen molar-refractivity contribution in [3.05, 3.63) is 18.0 Å². The third kappa shape index (κ3) is 2.93. The van der Waals surface area contributed by atoms with Gasteiger partial charge in [-0.1, -0.05) is 6.92 Å². The second-order valence-electron chi connectivity index (χ2n) is 5.30. The van der Waals surface area contributed by atoms with Gasteiger partial charge in [-0.3, -0.25) is 0 Å². The molecule has 0 spiro atoms. The molecule has 2 heterocycles. The summed E-state index contributed by atoms with van der Waals surface area (Å²) in [6.45, 7) is 4.90. The number of hydrogen-bond acceptors (Lipinski definition) is 3. The van der Waals surface area contributed by atoms with Gasteiger partial charge in [0.1, 0.15) is 5.69 Å². The molecule has 0 radical (unpaired) electrons. The first-order valence-corrected chi connectivity index (χ1v) is 6.38. The molecule has 1 saturated heterocycles. The SMILES string of the molecule is CC1CCN(c2cc(C(F)(F)F)ncc2N)C(C)C1. The normalized spacial score (nSPS) is 24.6. The van der Waals surface area contributed by atoms with Crippen LogP contribution in [0.4, 0.5) is 24.5 Å². The van der Waals surface area contributed by atoms with E-state index in [4.69, 9.17) is 5.73 Å². The lowest BCUT2D eigenvalue weighted by Gasteiger charge is -2.39. The standard InChI is InChI=1S/C13H18F3N3/c1-8-3-4-19(9(2)5-8)11-6-12(13(14,15)16)18-7-10(11)17/h6-9H,3-5,17H2,1-2H3. The molecule has 1 aromatic rings. The average Bonchev–Trinajstić information content (AvgIpc) is 2.29. The maximum Gasteiger partial charge on any atom is 0.433 e. The number of halogens is 3. The first-order chi connectivity index (χ1) is 8.79. The number of hydrogen-bond donors (Lipinski definition) is 1. The highest BCUT2D eigenvalue weighted by Gasteiger charge is 2.34. The van der Waals surface area contributed by atoms with Gasteiger partial charge in [0.15, 0.2) is 0 Å². The molecule has 106 valence electrons. The summed E-state index contributed by atoms with van der Waals surface area (Å²) >= 11 is 0. The van der Waals surface area contributed by atoms with Gasteiger partial charge in [-0.15, -0.1) is 0 Å². The predicted octanol–water partition coefficient (Wildman–Crippen LogP) is 3.31. The van der Waals surface area contributed by atoms with Crippen molar-refractivity contribution in [1.82, 2.24) is 4.98 Å². The van der Waals surface area contributed by atoms with E-state index in [1.54, 1.807) is 0 Å². The lowest BCUT2D eigenvalue weighted by atomic mass is 9.93. The molecule has 2 unspecified atom stereocenters. The third-order valence-electron chi connectivity index (χ3n) is 3.65. The van der Waals surface area contributed by atoms with Crippen molar-refractivity contribution in [3.63, 3.8) is 0 Å². The van der Waals surface area contributed by atoms with Crippen LogP contribution in [0.3, 0.4) is 0 Å². The Morgan fingerprint density at radius 1 is 1.37 bits per heavy atom. The van der Waals surface area contributed by atoms with E-state index < -0.39 is 11.9 Å². The van der Waals surface area contributed by atoms with Crippen molar-refractivity contribution in [3.8, 4) is 0 Å². The first-order valence-electron chi connectivity index (χ1n) is 6.38. The molecule has 1 aliphatic heterocycles. The minimum absolute atomic E-state index is 0.189. The van der Waals surface area contributed by atoms with Gasteiger partial charge in [-0.05, 0) is 31.7 Å². The molecule has 19 heavy (non-hydrogen) atoms. The zero-order chi connectivity index (χ0) is 14.2. The summed E-state index contributed by atoms with van der Waals surface area (Å²) in [6, 6.07) is 1.25. The topological polar surface area (TPSA) is 42.2 Å². The Morgan fingerprint density at radius 3 is 2.63 bits per heavy atom. The molecule has 0 amide bonds. The third-order valence-corrected chi connectivity index (χ3v) is 3.65. The minimum Gasteiger partial charge on any atom is -0.396 e. The average molecular weight is 273 g/mol. The predicted molar refractivity (Wildman–Crippen MR) is 68.9 cm³/mol. The van der Waals surface area contributed by atoms with Crippen LogP contribution >= 0.6 is 0 Å². The van der Waals surface area contributed by atoms with E-state index >= 15 is 0 Å². The number of nitrogens with two attached hydrogens (primary N) is 1. The number of nitrogen functional groups attached to an aromatic ring is 1. The van der Waals surface area contributed by atoms with Crippen molar-refractivity contribution in [2.24, 2.45) is 5.92 Å². The van der Waals surface area contributed by atoms with Gasteiger partial charge in [0, 0.05) is 12.6 Å². The molecule has 1 aromatic heterocycles. The number of nitrogens with zero attached hydrogens (tertiary/aromatic N) is 2. The molecular formula is C13H18F3N3. The summed E-state index contributed by atoms with van der Waals surface area (Å²) < 4.78 is 38.1. The largest absolute Gasteiger partial charge is 0.433 e. The lowest BCUT2D eigenvalue weighted by Crippen LogP contribution is -2.40. The molecule has 0 saturated carbocycles. The fourth-order valence-corrected chi connectivity index (χ4v) is 2.62. The van der Waals surface area contributed by atoms with E-state index in [1.807, 2.05) is 11.8 Å². The summed E-state index contributed by atoms with van der Waals surface area (Å²) in [6.07, 6.45) is -1.41. The van der Waals surface area contributed by atoms with E-state index in [0.717, 1.165) is 31.6 Å². The van der Waals surface area contributed by atoms with Gasteiger partial charge >= 0.3 is 6.18 Å². The van der Waals surface area contributed by atoms with Crippen LogP contribution in [-0.2, 0) is 6.18 Å². The zero-order valence-corrected chi connectivity index (χ0v) is 11.0. The molecule has 2 rings (SSSR count). The van der Waals surface area contributed by atoms with Crippen LogP contribution in [0.5, 0.6) is 0 Å². The van der Waals surface area contributed by atoms with Crippen molar-refractivity contribution >= 4 is 11.4 Å². The van der Waals surface area contributed by atoms with Gasteiger partial charge in [0.2, 0.25) is 0 Å². The Morgan fingerprint density at radius 2 is 2.05 bits per heavy atom. The Kier molecular flexibility index (Phi) is 3.60. The van der Waals surface area contributed by atoms with Gasteiger partial charge in [-0.2, -0.15) is 13.2 Å². The summed E-state index contributed by atoms with van der Waals surface area (Å²) in [4.78, 5) is 5.32. The van der Waals surface area contributed by atoms with Crippen LogP contribution in [0, 0.1) is 5.92 Å². The highest BCUT2D eigenvalue weighted by atomic mass is 19.4. The first kappa shape index (κ1) is 14.0. The fourth-order valence-electron chi connectivity index (χ4n) is 2.62. The Labute approximate surface area is 110 Å². The summed E-state index contributed by atoms with van der Waals surface area (Å²) in [5.74, 6) is 0.594. The van der Waals surface area contributed by atoms with Crippen molar-refractivity contribution in [1.29, 1.82) is 0 Å². The fraction of sp³-hybridized carbons (Fsp3) is 0.615. The molecule has 2 atom stereocenters. The number of aromatic nitrogens is 1. The van der Waals surface area contributed by atoms with Crippen LogP contribution < -0.4 is 10.6 Å². The van der Waals surface area contributed by atoms with Crippen molar-refractivity contribution in [2.45, 2.75) is 38.9 Å². The second-order valence-corrected chi connectivity index (χ2v) is 5.30. The smallest absolute Gasteiger partial charge is 0.396 e. The molecule has 0 bridgehead atoms. The van der Waals surface area contributed by atoms with Crippen LogP contribution in [-0.4, -0.2) is 17.6 Å². The Hall–Kier alpha value is -1.46. The summed E-state index contributed by atoms with van der Waals surface area (Å²) in [7, 11) is 0. The molecule has 2 N–H and O–H groups in total. The quantitative estimate of drug-likeness (QED) is 0.853. The number of rotatable bonds is 1. The van der Waals surface area contributed by atoms with E-state index in [1.165, 1.54) is 0 Å². The van der Waals surface area contributed by atoms with Crippen LogP contribution in [0.2, 0.25) is 0 Å². The maximum absolute atomic E-state index is 12.7. The number of anilines is 2. The molecule has 0 aromatic carbocycles. The van der Waals surface area contributed by atoms with Crippen molar-refractivity contribution in [2.75, 3.05) is 17.2 Å². The number of piperidine rings is 1. The summed E-state index contributed by atoms with van der Waals surface area (Å²) in [5.41, 5.74) is 5.65. The molecular weight excluding hydrogens is 255 g/mol. The maximum atomic E-state index is 12.7. The van der Waals surface area contributed by atoms with E-state index in [9.17, 15) is 13.2 Å². The van der Waals surface area contributed by atoms with Crippen LogP contribution in [0.25, 0.3) is 0 Å². The van der Waals surface area contributed by atoms with Gasteiger partial charge in [0.25, 0.3) is 0 Å². The van der Waals surface area contributed by atoms with Gasteiger partial charge in [-0.25, -0.2) is 4.98 Å². The molecule has 1 aliphatic rings. The highest BCUT2D eigenvalue weighted by Crippen LogP contribution is 2.35. The monoisotopic (exact) mass is 273 g/mol.